The Hall–Kier alpha value is -2.69. The van der Waals surface area contributed by atoms with Crippen molar-refractivity contribution in [3.05, 3.63) is 53.6 Å². The zero-order valence-corrected chi connectivity index (χ0v) is 13.5. The van der Waals surface area contributed by atoms with Crippen LogP contribution in [0.4, 0.5) is 0 Å². The van der Waals surface area contributed by atoms with Crippen molar-refractivity contribution < 1.29 is 19.0 Å². The molecule has 2 N–H and O–H groups in total. The number of carbonyl (C=O) groups excluding carboxylic acids is 1. The summed E-state index contributed by atoms with van der Waals surface area (Å²) in [5.41, 5.74) is 7.24. The van der Waals surface area contributed by atoms with E-state index in [0.717, 1.165) is 22.6 Å². The molecule has 2 aromatic rings. The minimum absolute atomic E-state index is 0.124. The van der Waals surface area contributed by atoms with Crippen molar-refractivity contribution >= 4 is 5.91 Å². The van der Waals surface area contributed by atoms with E-state index in [-0.39, 0.29) is 12.5 Å². The summed E-state index contributed by atoms with van der Waals surface area (Å²) in [5, 5.41) is 0. The summed E-state index contributed by atoms with van der Waals surface area (Å²) < 4.78 is 16.0. The fraction of sp³-hybridized carbons (Fsp3) is 0.278. The monoisotopic (exact) mass is 315 g/mol. The van der Waals surface area contributed by atoms with Crippen LogP contribution in [0, 0.1) is 0 Å². The molecule has 1 amide bonds. The van der Waals surface area contributed by atoms with Gasteiger partial charge in [0.1, 0.15) is 17.2 Å². The van der Waals surface area contributed by atoms with Gasteiger partial charge in [0, 0.05) is 17.5 Å². The molecule has 0 aliphatic rings. The van der Waals surface area contributed by atoms with Crippen molar-refractivity contribution in [3.8, 4) is 17.2 Å². The molecule has 1 unspecified atom stereocenters. The molecular formula is C18H21NO4. The standard InChI is InChI=1S/C18H21NO4/c1-12(16-9-8-15(21-2)10-17(16)22-3)13-4-6-14(7-5-13)23-11-18(19)20/h4-10,12H,11H2,1-3H3,(H2,19,20). The van der Waals surface area contributed by atoms with Crippen molar-refractivity contribution in [2.24, 2.45) is 5.73 Å². The van der Waals surface area contributed by atoms with Crippen LogP contribution in [0.3, 0.4) is 0 Å². The zero-order chi connectivity index (χ0) is 16.8. The van der Waals surface area contributed by atoms with Gasteiger partial charge in [0.05, 0.1) is 14.2 Å². The molecule has 0 aliphatic carbocycles. The lowest BCUT2D eigenvalue weighted by Crippen LogP contribution is -2.19. The summed E-state index contributed by atoms with van der Waals surface area (Å²) in [6.07, 6.45) is 0. The van der Waals surface area contributed by atoms with Gasteiger partial charge in [0.2, 0.25) is 0 Å². The van der Waals surface area contributed by atoms with E-state index < -0.39 is 5.91 Å². The van der Waals surface area contributed by atoms with Crippen LogP contribution >= 0.6 is 0 Å². The minimum atomic E-state index is -0.495. The fourth-order valence-corrected chi connectivity index (χ4v) is 2.36. The van der Waals surface area contributed by atoms with Gasteiger partial charge in [-0.05, 0) is 23.8 Å². The second kappa shape index (κ2) is 7.54. The maximum Gasteiger partial charge on any atom is 0.255 e. The predicted molar refractivity (Wildman–Crippen MR) is 88.2 cm³/mol. The van der Waals surface area contributed by atoms with Crippen LogP contribution in [0.15, 0.2) is 42.5 Å². The molecule has 122 valence electrons. The van der Waals surface area contributed by atoms with E-state index in [1.165, 1.54) is 0 Å². The molecule has 0 saturated carbocycles. The molecule has 23 heavy (non-hydrogen) atoms. The Morgan fingerprint density at radius 3 is 2.26 bits per heavy atom. The molecule has 0 bridgehead atoms. The molecule has 5 heteroatoms. The molecular weight excluding hydrogens is 294 g/mol. The number of amides is 1. The Kier molecular flexibility index (Phi) is 5.46. The van der Waals surface area contributed by atoms with Gasteiger partial charge in [0.25, 0.3) is 5.91 Å². The van der Waals surface area contributed by atoms with Crippen molar-refractivity contribution in [1.29, 1.82) is 0 Å². The average molecular weight is 315 g/mol. The minimum Gasteiger partial charge on any atom is -0.497 e. The lowest BCUT2D eigenvalue weighted by molar-refractivity contribution is -0.119. The largest absolute Gasteiger partial charge is 0.497 e. The second-order valence-electron chi connectivity index (χ2n) is 5.15. The van der Waals surface area contributed by atoms with E-state index in [2.05, 4.69) is 6.92 Å². The van der Waals surface area contributed by atoms with Crippen molar-refractivity contribution in [2.75, 3.05) is 20.8 Å². The van der Waals surface area contributed by atoms with Crippen molar-refractivity contribution in [1.82, 2.24) is 0 Å². The third-order valence-electron chi connectivity index (χ3n) is 3.67. The van der Waals surface area contributed by atoms with Crippen LogP contribution in [0.25, 0.3) is 0 Å². The Morgan fingerprint density at radius 1 is 1.04 bits per heavy atom. The van der Waals surface area contributed by atoms with Crippen LogP contribution in [0.1, 0.15) is 24.0 Å². The number of rotatable bonds is 7. The number of nitrogens with two attached hydrogens (primary N) is 1. The number of hydrogen-bond donors (Lipinski definition) is 1. The van der Waals surface area contributed by atoms with Crippen LogP contribution in [-0.2, 0) is 4.79 Å². The molecule has 2 rings (SSSR count). The molecule has 0 fully saturated rings. The Labute approximate surface area is 136 Å². The SMILES string of the molecule is COc1ccc(C(C)c2ccc(OCC(N)=O)cc2)c(OC)c1. The average Bonchev–Trinajstić information content (AvgIpc) is 2.59. The predicted octanol–water partition coefficient (Wildman–Crippen LogP) is 2.72. The van der Waals surface area contributed by atoms with Crippen LogP contribution < -0.4 is 19.9 Å². The maximum atomic E-state index is 10.7. The molecule has 0 aromatic heterocycles. The van der Waals surface area contributed by atoms with Crippen LogP contribution in [0.2, 0.25) is 0 Å². The third kappa shape index (κ3) is 4.16. The molecule has 5 nitrogen and oxygen atoms in total. The molecule has 0 aliphatic heterocycles. The Bertz CT molecular complexity index is 667. The molecule has 0 spiro atoms. The molecule has 0 heterocycles. The first-order valence-electron chi connectivity index (χ1n) is 7.28. The smallest absolute Gasteiger partial charge is 0.255 e. The first-order valence-corrected chi connectivity index (χ1v) is 7.28. The molecule has 2 aromatic carbocycles. The van der Waals surface area contributed by atoms with Crippen LogP contribution in [0.5, 0.6) is 17.2 Å². The highest BCUT2D eigenvalue weighted by atomic mass is 16.5. The Balaban J connectivity index is 2.19. The number of benzene rings is 2. The summed E-state index contributed by atoms with van der Waals surface area (Å²) in [7, 11) is 3.27. The number of primary amides is 1. The number of hydrogen-bond acceptors (Lipinski definition) is 4. The van der Waals surface area contributed by atoms with Crippen molar-refractivity contribution in [3.63, 3.8) is 0 Å². The Morgan fingerprint density at radius 2 is 1.70 bits per heavy atom. The van der Waals surface area contributed by atoms with E-state index in [4.69, 9.17) is 19.9 Å². The van der Waals surface area contributed by atoms with E-state index in [1.807, 2.05) is 42.5 Å². The number of ether oxygens (including phenoxy) is 3. The highest BCUT2D eigenvalue weighted by Gasteiger charge is 2.14. The zero-order valence-electron chi connectivity index (χ0n) is 13.5. The topological polar surface area (TPSA) is 70.8 Å². The number of carbonyl (C=O) groups is 1. The number of methoxy groups -OCH3 is 2. The highest BCUT2D eigenvalue weighted by Crippen LogP contribution is 2.34. The van der Waals surface area contributed by atoms with Gasteiger partial charge in [-0.25, -0.2) is 0 Å². The lowest BCUT2D eigenvalue weighted by atomic mass is 9.92. The first-order chi connectivity index (χ1) is 11.0. The normalized spacial score (nSPS) is 11.6. The van der Waals surface area contributed by atoms with Gasteiger partial charge >= 0.3 is 0 Å². The summed E-state index contributed by atoms with van der Waals surface area (Å²) in [6.45, 7) is 1.98. The van der Waals surface area contributed by atoms with Gasteiger partial charge in [-0.15, -0.1) is 0 Å². The van der Waals surface area contributed by atoms with Gasteiger partial charge in [-0.3, -0.25) is 4.79 Å². The maximum absolute atomic E-state index is 10.7. The van der Waals surface area contributed by atoms with E-state index in [1.54, 1.807) is 14.2 Å². The molecule has 0 saturated heterocycles. The molecule has 1 atom stereocenters. The van der Waals surface area contributed by atoms with E-state index >= 15 is 0 Å². The first kappa shape index (κ1) is 16.7. The van der Waals surface area contributed by atoms with Crippen molar-refractivity contribution in [2.45, 2.75) is 12.8 Å². The van der Waals surface area contributed by atoms with Crippen LogP contribution in [-0.4, -0.2) is 26.7 Å². The van der Waals surface area contributed by atoms with Gasteiger partial charge in [-0.1, -0.05) is 25.1 Å². The molecule has 0 radical (unpaired) electrons. The second-order valence-corrected chi connectivity index (χ2v) is 5.15. The third-order valence-corrected chi connectivity index (χ3v) is 3.67. The van der Waals surface area contributed by atoms with Gasteiger partial charge in [-0.2, -0.15) is 0 Å². The highest BCUT2D eigenvalue weighted by molar-refractivity contribution is 5.75. The summed E-state index contributed by atoms with van der Waals surface area (Å²) in [5.74, 6) is 1.80. The fourth-order valence-electron chi connectivity index (χ4n) is 2.36. The summed E-state index contributed by atoms with van der Waals surface area (Å²) >= 11 is 0. The summed E-state index contributed by atoms with van der Waals surface area (Å²) in [6, 6.07) is 13.4. The van der Waals surface area contributed by atoms with E-state index in [9.17, 15) is 4.79 Å². The van der Waals surface area contributed by atoms with Gasteiger partial charge in [0.15, 0.2) is 6.61 Å². The quantitative estimate of drug-likeness (QED) is 0.853. The van der Waals surface area contributed by atoms with E-state index in [0.29, 0.717) is 5.75 Å². The summed E-state index contributed by atoms with van der Waals surface area (Å²) in [4.78, 5) is 10.7. The lowest BCUT2D eigenvalue weighted by Gasteiger charge is -2.17. The van der Waals surface area contributed by atoms with Gasteiger partial charge < -0.3 is 19.9 Å².